The molecule has 4 aromatic rings. The van der Waals surface area contributed by atoms with Gasteiger partial charge < -0.3 is 10.0 Å². The Morgan fingerprint density at radius 2 is 1.97 bits per heavy atom. The van der Waals surface area contributed by atoms with Gasteiger partial charge in [0.15, 0.2) is 4.34 Å². The van der Waals surface area contributed by atoms with Gasteiger partial charge >= 0.3 is 5.97 Å². The maximum absolute atomic E-state index is 11.5. The van der Waals surface area contributed by atoms with Gasteiger partial charge in [0.1, 0.15) is 4.75 Å². The molecule has 36 heavy (non-hydrogen) atoms. The van der Waals surface area contributed by atoms with Gasteiger partial charge in [0, 0.05) is 49.0 Å². The Morgan fingerprint density at radius 3 is 2.67 bits per heavy atom. The lowest BCUT2D eigenvalue weighted by Crippen LogP contribution is -2.27. The van der Waals surface area contributed by atoms with Gasteiger partial charge in [-0.25, -0.2) is 19.6 Å². The normalized spacial score (nSPS) is 11.6. The number of carboxylic acid groups (broad SMARTS) is 1. The highest BCUT2D eigenvalue weighted by molar-refractivity contribution is 8.03. The predicted octanol–water partition coefficient (Wildman–Crippen LogP) is 5.19. The molecule has 4 rings (SSSR count). The van der Waals surface area contributed by atoms with Gasteiger partial charge in [0.05, 0.1) is 17.6 Å². The van der Waals surface area contributed by atoms with Gasteiger partial charge in [0.2, 0.25) is 5.95 Å². The molecule has 0 aliphatic heterocycles. The summed E-state index contributed by atoms with van der Waals surface area (Å²) in [7, 11) is 0. The number of thiazole rings is 1. The number of carboxylic acids is 1. The molecule has 0 bridgehead atoms. The van der Waals surface area contributed by atoms with E-state index in [1.54, 1.807) is 13.8 Å². The molecule has 0 spiro atoms. The van der Waals surface area contributed by atoms with Crippen LogP contribution in [0.15, 0.2) is 58.8 Å². The summed E-state index contributed by atoms with van der Waals surface area (Å²) in [6.07, 6.45) is 9.23. The van der Waals surface area contributed by atoms with E-state index in [9.17, 15) is 9.90 Å². The molecule has 8 nitrogen and oxygen atoms in total. The van der Waals surface area contributed by atoms with Crippen LogP contribution in [0.25, 0.3) is 5.69 Å². The molecule has 10 heteroatoms. The largest absolute Gasteiger partial charge is 0.480 e. The summed E-state index contributed by atoms with van der Waals surface area (Å²) < 4.78 is 1.72. The van der Waals surface area contributed by atoms with Crippen molar-refractivity contribution in [2.75, 3.05) is 11.4 Å². The summed E-state index contributed by atoms with van der Waals surface area (Å²) in [6.45, 7) is 8.80. The fourth-order valence-electron chi connectivity index (χ4n) is 3.48. The Balaban J connectivity index is 1.50. The SMILES string of the molecule is CCc1cnc(N(CCc2csc(SC(C)(C)C(=O)O)n2)Cc2cnn(-c3cccc(C)c3)c2)nc1. The molecule has 1 aromatic carbocycles. The lowest BCUT2D eigenvalue weighted by molar-refractivity contribution is -0.138. The minimum atomic E-state index is -0.923. The van der Waals surface area contributed by atoms with Gasteiger partial charge in [-0.3, -0.25) is 4.79 Å². The Bertz CT molecular complexity index is 1320. The standard InChI is InChI=1S/C26H30N6O2S2/c1-5-19-12-27-24(28-13-19)31(10-9-21-17-35-25(30-21)36-26(3,4)23(33)34)15-20-14-29-32(16-20)22-8-6-7-18(2)11-22/h6-8,11-14,16-17H,5,9-10,15H2,1-4H3,(H,33,34). The number of nitrogens with zero attached hydrogens (tertiary/aromatic N) is 6. The van der Waals surface area contributed by atoms with Crippen molar-refractivity contribution in [2.45, 2.75) is 56.2 Å². The zero-order valence-corrected chi connectivity index (χ0v) is 22.5. The molecule has 1 N–H and O–H groups in total. The van der Waals surface area contributed by atoms with E-state index in [1.807, 2.05) is 47.0 Å². The van der Waals surface area contributed by atoms with Crippen molar-refractivity contribution in [3.63, 3.8) is 0 Å². The molecule has 0 saturated carbocycles. The van der Waals surface area contributed by atoms with Crippen molar-refractivity contribution in [1.82, 2.24) is 24.7 Å². The highest BCUT2D eigenvalue weighted by atomic mass is 32.2. The van der Waals surface area contributed by atoms with Crippen molar-refractivity contribution < 1.29 is 9.90 Å². The lowest BCUT2D eigenvalue weighted by Gasteiger charge is -2.21. The molecule has 0 atom stereocenters. The summed E-state index contributed by atoms with van der Waals surface area (Å²) in [6, 6.07) is 8.24. The molecule has 188 valence electrons. The molecule has 0 saturated heterocycles. The average molecular weight is 523 g/mol. The number of benzene rings is 1. The third kappa shape index (κ3) is 6.50. The number of aryl methyl sites for hydroxylation is 2. The number of carbonyl (C=O) groups is 1. The molecular weight excluding hydrogens is 492 g/mol. The van der Waals surface area contributed by atoms with Gasteiger partial charge in [-0.05, 0) is 50.5 Å². The Kier molecular flexibility index (Phi) is 8.05. The van der Waals surface area contributed by atoms with Crippen molar-refractivity contribution in [1.29, 1.82) is 0 Å². The maximum atomic E-state index is 11.5. The van der Waals surface area contributed by atoms with Crippen molar-refractivity contribution in [3.8, 4) is 5.69 Å². The molecule has 0 unspecified atom stereocenters. The number of thioether (sulfide) groups is 1. The zero-order chi connectivity index (χ0) is 25.7. The van der Waals surface area contributed by atoms with Crippen molar-refractivity contribution in [3.05, 3.63) is 76.8 Å². The van der Waals surface area contributed by atoms with Crippen LogP contribution in [0.2, 0.25) is 0 Å². The summed E-state index contributed by atoms with van der Waals surface area (Å²) in [5.74, 6) is -0.193. The maximum Gasteiger partial charge on any atom is 0.319 e. The predicted molar refractivity (Wildman–Crippen MR) is 144 cm³/mol. The first-order valence-corrected chi connectivity index (χ1v) is 13.5. The average Bonchev–Trinajstić information content (AvgIpc) is 3.51. The molecule has 0 aliphatic carbocycles. The van der Waals surface area contributed by atoms with Crippen LogP contribution in [0.4, 0.5) is 5.95 Å². The van der Waals surface area contributed by atoms with E-state index in [1.165, 1.54) is 28.7 Å². The second kappa shape index (κ2) is 11.2. The van der Waals surface area contributed by atoms with Gasteiger partial charge in [-0.1, -0.05) is 30.8 Å². The Labute approximate surface area is 219 Å². The van der Waals surface area contributed by atoms with E-state index >= 15 is 0 Å². The van der Waals surface area contributed by atoms with Crippen LogP contribution < -0.4 is 4.90 Å². The van der Waals surface area contributed by atoms with Crippen LogP contribution >= 0.6 is 23.1 Å². The fraction of sp³-hybridized carbons (Fsp3) is 0.346. The Morgan fingerprint density at radius 1 is 1.19 bits per heavy atom. The number of hydrogen-bond acceptors (Lipinski definition) is 8. The second-order valence-electron chi connectivity index (χ2n) is 9.07. The summed E-state index contributed by atoms with van der Waals surface area (Å²) in [4.78, 5) is 27.5. The van der Waals surface area contributed by atoms with Crippen LogP contribution in [0.3, 0.4) is 0 Å². The van der Waals surface area contributed by atoms with Gasteiger partial charge in [0.25, 0.3) is 0 Å². The minimum absolute atomic E-state index is 0.606. The van der Waals surface area contributed by atoms with Crippen LogP contribution in [0.5, 0.6) is 0 Å². The lowest BCUT2D eigenvalue weighted by atomic mass is 10.2. The molecule has 0 fully saturated rings. The van der Waals surface area contributed by atoms with Gasteiger partial charge in [-0.15, -0.1) is 11.3 Å². The number of anilines is 1. The van der Waals surface area contributed by atoms with E-state index in [4.69, 9.17) is 0 Å². The summed E-state index contributed by atoms with van der Waals surface area (Å²) >= 11 is 2.75. The van der Waals surface area contributed by atoms with Crippen LogP contribution in [0, 0.1) is 6.92 Å². The van der Waals surface area contributed by atoms with Crippen LogP contribution in [-0.2, 0) is 24.2 Å². The number of hydrogen-bond donors (Lipinski definition) is 1. The molecule has 0 radical (unpaired) electrons. The fourth-order valence-corrected chi connectivity index (χ4v) is 5.70. The first-order chi connectivity index (χ1) is 17.2. The highest BCUT2D eigenvalue weighted by Gasteiger charge is 2.29. The number of aliphatic carboxylic acids is 1. The molecule has 3 heterocycles. The molecule has 0 aliphatic rings. The number of aromatic nitrogens is 5. The van der Waals surface area contributed by atoms with E-state index in [2.05, 4.69) is 50.9 Å². The van der Waals surface area contributed by atoms with Crippen LogP contribution in [0.1, 0.15) is 43.2 Å². The van der Waals surface area contributed by atoms with Crippen molar-refractivity contribution in [2.24, 2.45) is 0 Å². The molecule has 0 amide bonds. The smallest absolute Gasteiger partial charge is 0.319 e. The quantitative estimate of drug-likeness (QED) is 0.269. The first kappa shape index (κ1) is 25.8. The molecular formula is C26H30N6O2S2. The summed E-state index contributed by atoms with van der Waals surface area (Å²) in [5, 5.41) is 16.0. The van der Waals surface area contributed by atoms with E-state index in [0.29, 0.717) is 25.5 Å². The highest BCUT2D eigenvalue weighted by Crippen LogP contribution is 2.34. The minimum Gasteiger partial charge on any atom is -0.480 e. The van der Waals surface area contributed by atoms with E-state index < -0.39 is 10.7 Å². The van der Waals surface area contributed by atoms with Crippen molar-refractivity contribution >= 4 is 35.0 Å². The number of rotatable bonds is 11. The van der Waals surface area contributed by atoms with Crippen LogP contribution in [-0.4, -0.2) is 47.1 Å². The topological polar surface area (TPSA) is 97.0 Å². The molecule has 3 aromatic heterocycles. The second-order valence-corrected chi connectivity index (χ2v) is 11.8. The van der Waals surface area contributed by atoms with E-state index in [-0.39, 0.29) is 0 Å². The van der Waals surface area contributed by atoms with E-state index in [0.717, 1.165) is 33.3 Å². The third-order valence-corrected chi connectivity index (χ3v) is 7.86. The zero-order valence-electron chi connectivity index (χ0n) is 20.9. The third-order valence-electron chi connectivity index (χ3n) is 5.68. The Hall–Kier alpha value is -3.24. The summed E-state index contributed by atoms with van der Waals surface area (Å²) in [5.41, 5.74) is 5.27. The first-order valence-electron chi connectivity index (χ1n) is 11.8. The van der Waals surface area contributed by atoms with Gasteiger partial charge in [-0.2, -0.15) is 5.10 Å². The monoisotopic (exact) mass is 522 g/mol.